The van der Waals surface area contributed by atoms with Gasteiger partial charge < -0.3 is 11.1 Å². The van der Waals surface area contributed by atoms with Crippen LogP contribution in [0.25, 0.3) is 21.3 Å². The number of hydrogen-bond acceptors (Lipinski definition) is 6. The Kier molecular flexibility index (Phi) is 7.42. The van der Waals surface area contributed by atoms with Crippen LogP contribution in [0.3, 0.4) is 0 Å². The first-order valence-electron chi connectivity index (χ1n) is 11.8. The largest absolute Gasteiger partial charge is 0.435 e. The summed E-state index contributed by atoms with van der Waals surface area (Å²) in [4.78, 5) is 28.8. The van der Waals surface area contributed by atoms with Gasteiger partial charge in [0, 0.05) is 29.4 Å². The Morgan fingerprint density at radius 2 is 1.70 bits per heavy atom. The molecule has 40 heavy (non-hydrogen) atoms. The van der Waals surface area contributed by atoms with Gasteiger partial charge in [0.15, 0.2) is 5.69 Å². The fourth-order valence-electron chi connectivity index (χ4n) is 4.12. The first-order chi connectivity index (χ1) is 18.5. The molecule has 2 amide bonds. The van der Waals surface area contributed by atoms with Crippen molar-refractivity contribution in [1.82, 2.24) is 24.5 Å². The van der Waals surface area contributed by atoms with E-state index in [4.69, 9.17) is 5.73 Å². The van der Waals surface area contributed by atoms with Crippen LogP contribution in [-0.4, -0.2) is 36.4 Å². The van der Waals surface area contributed by atoms with Gasteiger partial charge in [-0.2, -0.15) is 36.5 Å². The van der Waals surface area contributed by atoms with E-state index in [1.807, 2.05) is 0 Å². The van der Waals surface area contributed by atoms with Crippen LogP contribution in [0.5, 0.6) is 0 Å². The van der Waals surface area contributed by atoms with E-state index in [1.165, 1.54) is 18.5 Å². The molecule has 16 heteroatoms. The van der Waals surface area contributed by atoms with Crippen LogP contribution in [0.2, 0.25) is 0 Å². The summed E-state index contributed by atoms with van der Waals surface area (Å²) in [7, 11) is 0. The maximum Gasteiger partial charge on any atom is 0.435 e. The average Bonchev–Trinajstić information content (AvgIpc) is 3.52. The zero-order valence-corrected chi connectivity index (χ0v) is 22.3. The van der Waals surface area contributed by atoms with Crippen molar-refractivity contribution < 1.29 is 35.9 Å². The third-order valence-electron chi connectivity index (χ3n) is 6.15. The van der Waals surface area contributed by atoms with Gasteiger partial charge in [-0.3, -0.25) is 19.0 Å². The molecule has 0 bridgehead atoms. The lowest BCUT2D eigenvalue weighted by Crippen LogP contribution is -2.26. The molecule has 0 spiro atoms. The lowest BCUT2D eigenvalue weighted by atomic mass is 10.0. The fraction of sp³-hybridized carbons (Fsp3) is 0.375. The molecular formula is C24H23F6N7O2S. The van der Waals surface area contributed by atoms with Crippen molar-refractivity contribution in [3.05, 3.63) is 46.0 Å². The number of nitrogens with two attached hydrogens (primary N) is 1. The number of rotatable bonds is 7. The van der Waals surface area contributed by atoms with E-state index in [0.29, 0.717) is 29.1 Å². The van der Waals surface area contributed by atoms with Crippen LogP contribution in [0.4, 0.5) is 32.0 Å². The topological polar surface area (TPSA) is 121 Å². The number of aryl methyl sites for hydroxylation is 3. The Balaban J connectivity index is 1.82. The first kappa shape index (κ1) is 29.0. The van der Waals surface area contributed by atoms with E-state index in [9.17, 15) is 35.9 Å². The SMILES string of the molecule is CCn1cc(-c2cc(C(F)(F)F)nc3sc(C(N)=O)c(NC(=O)C(C)Cn4nc(C(F)(F)F)cc4C)c23)c(C)n1. The van der Waals surface area contributed by atoms with Crippen LogP contribution in [-0.2, 0) is 30.2 Å². The van der Waals surface area contributed by atoms with Gasteiger partial charge in [-0.1, -0.05) is 6.92 Å². The molecule has 0 fully saturated rings. The number of nitrogens with one attached hydrogen (secondary N) is 1. The molecule has 4 aromatic heterocycles. The zero-order chi connectivity index (χ0) is 29.7. The van der Waals surface area contributed by atoms with E-state index >= 15 is 0 Å². The number of pyridine rings is 1. The highest BCUT2D eigenvalue weighted by Crippen LogP contribution is 2.44. The minimum absolute atomic E-state index is 0.0268. The van der Waals surface area contributed by atoms with Crippen molar-refractivity contribution in [2.45, 2.75) is 53.1 Å². The summed E-state index contributed by atoms with van der Waals surface area (Å²) < 4.78 is 83.0. The van der Waals surface area contributed by atoms with Crippen LogP contribution in [0.15, 0.2) is 18.3 Å². The highest BCUT2D eigenvalue weighted by atomic mass is 32.1. The molecule has 0 aliphatic heterocycles. The Morgan fingerprint density at radius 1 is 1.05 bits per heavy atom. The second kappa shape index (κ2) is 10.2. The molecule has 1 atom stereocenters. The summed E-state index contributed by atoms with van der Waals surface area (Å²) >= 11 is 0.586. The lowest BCUT2D eigenvalue weighted by Gasteiger charge is -2.15. The molecular weight excluding hydrogens is 564 g/mol. The Labute approximate surface area is 227 Å². The van der Waals surface area contributed by atoms with Crippen molar-refractivity contribution in [2.24, 2.45) is 11.7 Å². The van der Waals surface area contributed by atoms with E-state index in [2.05, 4.69) is 20.5 Å². The van der Waals surface area contributed by atoms with Crippen molar-refractivity contribution in [1.29, 1.82) is 0 Å². The number of aromatic nitrogens is 5. The Morgan fingerprint density at radius 3 is 2.23 bits per heavy atom. The summed E-state index contributed by atoms with van der Waals surface area (Å²) in [5.41, 5.74) is 3.97. The third-order valence-corrected chi connectivity index (χ3v) is 7.25. The molecule has 9 nitrogen and oxygen atoms in total. The van der Waals surface area contributed by atoms with Crippen LogP contribution >= 0.6 is 11.3 Å². The number of carbonyl (C=O) groups excluding carboxylic acids is 2. The van der Waals surface area contributed by atoms with Crippen molar-refractivity contribution in [3.8, 4) is 11.1 Å². The van der Waals surface area contributed by atoms with Crippen LogP contribution in [0.1, 0.15) is 46.3 Å². The molecule has 3 N–H and O–H groups in total. The van der Waals surface area contributed by atoms with Crippen molar-refractivity contribution in [2.75, 3.05) is 5.32 Å². The maximum atomic E-state index is 13.8. The van der Waals surface area contributed by atoms with E-state index in [0.717, 1.165) is 16.8 Å². The monoisotopic (exact) mass is 587 g/mol. The van der Waals surface area contributed by atoms with Crippen molar-refractivity contribution >= 4 is 39.1 Å². The second-order valence-electron chi connectivity index (χ2n) is 9.13. The molecule has 0 saturated heterocycles. The molecule has 1 unspecified atom stereocenters. The summed E-state index contributed by atoms with van der Waals surface area (Å²) in [5, 5.41) is 10.4. The number of alkyl halides is 6. The highest BCUT2D eigenvalue weighted by Gasteiger charge is 2.36. The predicted octanol–water partition coefficient (Wildman–Crippen LogP) is 5.40. The van der Waals surface area contributed by atoms with E-state index < -0.39 is 41.5 Å². The lowest BCUT2D eigenvalue weighted by molar-refractivity contribution is -0.142. The standard InChI is InChI=1S/C24H23F6N7O2S/c1-5-36-9-14(12(4)34-36)13-7-15(23(25,26)27)32-22-17(13)18(19(40-22)20(31)38)33-21(39)10(2)8-37-11(3)6-16(35-37)24(28,29)30/h6-7,9-10H,5,8H2,1-4H3,(H2,31,38)(H,33,39). The van der Waals surface area contributed by atoms with Gasteiger partial charge in [0.1, 0.15) is 15.4 Å². The zero-order valence-electron chi connectivity index (χ0n) is 21.5. The van der Waals surface area contributed by atoms with Gasteiger partial charge in [0.25, 0.3) is 5.91 Å². The molecule has 214 valence electrons. The quantitative estimate of drug-likeness (QED) is 0.281. The molecule has 0 aromatic carbocycles. The molecule has 0 aliphatic carbocycles. The minimum atomic E-state index is -4.82. The number of fused-ring (bicyclic) bond motifs is 1. The smallest absolute Gasteiger partial charge is 0.365 e. The molecule has 4 aromatic rings. The Bertz CT molecular complexity index is 1620. The molecule has 0 aliphatic rings. The number of hydrogen-bond donors (Lipinski definition) is 2. The summed E-state index contributed by atoms with van der Waals surface area (Å²) in [5.74, 6) is -2.70. The summed E-state index contributed by atoms with van der Waals surface area (Å²) in [6, 6.07) is 1.66. The fourth-order valence-corrected chi connectivity index (χ4v) is 5.12. The number of amides is 2. The first-order valence-corrected chi connectivity index (χ1v) is 12.6. The van der Waals surface area contributed by atoms with E-state index in [-0.39, 0.29) is 38.6 Å². The summed E-state index contributed by atoms with van der Waals surface area (Å²) in [6.07, 6.45) is -7.95. The molecule has 0 radical (unpaired) electrons. The van der Waals surface area contributed by atoms with Gasteiger partial charge in [0.2, 0.25) is 5.91 Å². The van der Waals surface area contributed by atoms with Gasteiger partial charge in [-0.05, 0) is 38.5 Å². The number of thiophene rings is 1. The number of anilines is 1. The molecule has 0 saturated carbocycles. The maximum absolute atomic E-state index is 13.8. The number of halogens is 6. The highest BCUT2D eigenvalue weighted by molar-refractivity contribution is 7.21. The average molecular weight is 588 g/mol. The third kappa shape index (κ3) is 5.52. The normalized spacial score (nSPS) is 13.2. The Hall–Kier alpha value is -3.95. The van der Waals surface area contributed by atoms with Gasteiger partial charge in [-0.15, -0.1) is 11.3 Å². The van der Waals surface area contributed by atoms with E-state index in [1.54, 1.807) is 20.0 Å². The second-order valence-corrected chi connectivity index (χ2v) is 10.1. The van der Waals surface area contributed by atoms with Gasteiger partial charge >= 0.3 is 12.4 Å². The van der Waals surface area contributed by atoms with Crippen LogP contribution in [0, 0.1) is 19.8 Å². The minimum Gasteiger partial charge on any atom is -0.365 e. The molecule has 4 rings (SSSR count). The summed E-state index contributed by atoms with van der Waals surface area (Å²) in [6.45, 7) is 6.42. The number of carbonyl (C=O) groups is 2. The van der Waals surface area contributed by atoms with Crippen molar-refractivity contribution in [3.63, 3.8) is 0 Å². The molecule has 4 heterocycles. The predicted molar refractivity (Wildman–Crippen MR) is 135 cm³/mol. The van der Waals surface area contributed by atoms with Crippen LogP contribution < -0.4 is 11.1 Å². The van der Waals surface area contributed by atoms with Gasteiger partial charge in [0.05, 0.1) is 23.8 Å². The van der Waals surface area contributed by atoms with Gasteiger partial charge in [-0.25, -0.2) is 4.98 Å². The number of nitrogens with zero attached hydrogens (tertiary/aromatic N) is 5. The number of primary amides is 1.